The van der Waals surface area contributed by atoms with Gasteiger partial charge < -0.3 is 19.5 Å². The van der Waals surface area contributed by atoms with E-state index in [-0.39, 0.29) is 12.4 Å². The largest absolute Gasteiger partial charge is 0.493 e. The molecule has 202 valence electrons. The number of esters is 1. The molecule has 9 nitrogen and oxygen atoms in total. The van der Waals surface area contributed by atoms with Crippen molar-refractivity contribution in [3.8, 4) is 16.5 Å². The maximum absolute atomic E-state index is 12.3. The van der Waals surface area contributed by atoms with Gasteiger partial charge in [0, 0.05) is 33.8 Å². The van der Waals surface area contributed by atoms with Crippen LogP contribution in [-0.4, -0.2) is 47.8 Å². The number of aromatic nitrogens is 3. The number of aliphatic imine (C=N–C) groups is 1. The summed E-state index contributed by atoms with van der Waals surface area (Å²) in [7, 11) is 4.66. The van der Waals surface area contributed by atoms with Crippen LogP contribution in [0.4, 0.5) is 5.69 Å². The molecular weight excluding hydrogens is 514 g/mol. The van der Waals surface area contributed by atoms with Crippen LogP contribution in [0.3, 0.4) is 0 Å². The molecule has 1 atom stereocenters. The van der Waals surface area contributed by atoms with Gasteiger partial charge in [0.1, 0.15) is 16.9 Å². The molecule has 0 saturated carbocycles. The van der Waals surface area contributed by atoms with Crippen molar-refractivity contribution >= 4 is 28.7 Å². The van der Waals surface area contributed by atoms with Gasteiger partial charge in [-0.1, -0.05) is 24.3 Å². The lowest BCUT2D eigenvalue weighted by Gasteiger charge is -2.14. The Balaban J connectivity index is 1.51. The third kappa shape index (κ3) is 4.87. The Kier molecular flexibility index (Phi) is 7.38. The van der Waals surface area contributed by atoms with Crippen molar-refractivity contribution in [1.82, 2.24) is 14.8 Å². The van der Waals surface area contributed by atoms with Crippen molar-refractivity contribution in [3.63, 3.8) is 0 Å². The van der Waals surface area contributed by atoms with Crippen molar-refractivity contribution in [1.29, 1.82) is 0 Å². The average molecular weight is 546 g/mol. The number of rotatable bonds is 8. The first kappa shape index (κ1) is 26.4. The standard InChI is InChI=1S/C29H31N5O4S/c1-16-17(2)39-29-25(16)26(31-22(14-24(35)37-5)28-33-32-18(3)34(28)29)19-10-12-21(13-11-19)30-15-20-8-7-9-23(36-4)27(20)38-6/h7-13,22,30H,14-15H2,1-6H3/t22-/m0/s1. The Labute approximate surface area is 231 Å². The number of aryl methyl sites for hydroxylation is 2. The van der Waals surface area contributed by atoms with Crippen molar-refractivity contribution < 1.29 is 19.0 Å². The summed E-state index contributed by atoms with van der Waals surface area (Å²) < 4.78 is 18.0. The molecule has 0 unspecified atom stereocenters. The van der Waals surface area contributed by atoms with E-state index >= 15 is 0 Å². The van der Waals surface area contributed by atoms with E-state index in [1.807, 2.05) is 41.8 Å². The van der Waals surface area contributed by atoms with Crippen molar-refractivity contribution in [2.75, 3.05) is 26.6 Å². The molecule has 0 radical (unpaired) electrons. The first-order valence-corrected chi connectivity index (χ1v) is 13.4. The van der Waals surface area contributed by atoms with Crippen molar-refractivity contribution in [3.05, 3.63) is 81.2 Å². The van der Waals surface area contributed by atoms with Gasteiger partial charge in [-0.2, -0.15) is 0 Å². The number of nitrogens with one attached hydrogen (secondary N) is 1. The third-order valence-corrected chi connectivity index (χ3v) is 8.15. The lowest BCUT2D eigenvalue weighted by Crippen LogP contribution is -2.12. The van der Waals surface area contributed by atoms with E-state index in [9.17, 15) is 4.79 Å². The molecule has 0 aliphatic carbocycles. The monoisotopic (exact) mass is 545 g/mol. The smallest absolute Gasteiger partial charge is 0.308 e. The number of carbonyl (C=O) groups excluding carboxylic acids is 1. The van der Waals surface area contributed by atoms with Crippen LogP contribution in [0.15, 0.2) is 47.5 Å². The van der Waals surface area contributed by atoms with E-state index in [0.717, 1.165) is 44.5 Å². The van der Waals surface area contributed by atoms with Crippen LogP contribution in [0, 0.1) is 20.8 Å². The third-order valence-electron chi connectivity index (χ3n) is 6.95. The first-order chi connectivity index (χ1) is 18.9. The second-order valence-corrected chi connectivity index (χ2v) is 10.5. The summed E-state index contributed by atoms with van der Waals surface area (Å²) in [5, 5.41) is 13.2. The van der Waals surface area contributed by atoms with E-state index in [2.05, 4.69) is 41.5 Å². The second-order valence-electron chi connectivity index (χ2n) is 9.26. The summed E-state index contributed by atoms with van der Waals surface area (Å²) in [5.41, 5.74) is 5.91. The van der Waals surface area contributed by atoms with E-state index in [0.29, 0.717) is 23.9 Å². The van der Waals surface area contributed by atoms with Gasteiger partial charge in [0.25, 0.3) is 0 Å². The van der Waals surface area contributed by atoms with Gasteiger partial charge in [0.2, 0.25) is 0 Å². The zero-order chi connectivity index (χ0) is 27.7. The van der Waals surface area contributed by atoms with Gasteiger partial charge in [-0.05, 0) is 44.5 Å². The molecule has 1 aliphatic rings. The van der Waals surface area contributed by atoms with Gasteiger partial charge in [-0.15, -0.1) is 21.5 Å². The van der Waals surface area contributed by atoms with Crippen molar-refractivity contribution in [2.24, 2.45) is 4.99 Å². The number of para-hydroxylation sites is 1. The number of thiophene rings is 1. The van der Waals surface area contributed by atoms with E-state index in [1.165, 1.54) is 12.0 Å². The minimum atomic E-state index is -0.522. The Morgan fingerprint density at radius 2 is 1.79 bits per heavy atom. The first-order valence-electron chi connectivity index (χ1n) is 12.6. The maximum atomic E-state index is 12.3. The zero-order valence-electron chi connectivity index (χ0n) is 22.9. The number of nitrogens with zero attached hydrogens (tertiary/aromatic N) is 4. The lowest BCUT2D eigenvalue weighted by molar-refractivity contribution is -0.141. The minimum absolute atomic E-state index is 0.0765. The van der Waals surface area contributed by atoms with Gasteiger partial charge >= 0.3 is 5.97 Å². The Hall–Kier alpha value is -4.18. The minimum Gasteiger partial charge on any atom is -0.493 e. The maximum Gasteiger partial charge on any atom is 0.308 e. The molecule has 3 heterocycles. The van der Waals surface area contributed by atoms with Crippen LogP contribution in [-0.2, 0) is 16.1 Å². The molecule has 0 amide bonds. The second kappa shape index (κ2) is 10.9. The molecule has 39 heavy (non-hydrogen) atoms. The summed E-state index contributed by atoms with van der Waals surface area (Å²) in [5.74, 6) is 2.46. The fraction of sp³-hybridized carbons (Fsp3) is 0.310. The number of anilines is 1. The number of benzene rings is 2. The summed E-state index contributed by atoms with van der Waals surface area (Å²) in [6, 6.07) is 13.5. The molecule has 0 saturated heterocycles. The summed E-state index contributed by atoms with van der Waals surface area (Å²) in [6.45, 7) is 6.71. The predicted molar refractivity (Wildman–Crippen MR) is 152 cm³/mol. The predicted octanol–water partition coefficient (Wildman–Crippen LogP) is 5.34. The zero-order valence-corrected chi connectivity index (χ0v) is 23.7. The highest BCUT2D eigenvalue weighted by atomic mass is 32.1. The molecule has 2 aromatic heterocycles. The molecule has 4 aromatic rings. The van der Waals surface area contributed by atoms with Crippen LogP contribution in [0.2, 0.25) is 0 Å². The van der Waals surface area contributed by atoms with Crippen LogP contribution in [0.5, 0.6) is 11.5 Å². The lowest BCUT2D eigenvalue weighted by atomic mass is 9.99. The molecule has 10 heteroatoms. The van der Waals surface area contributed by atoms with E-state index in [4.69, 9.17) is 19.2 Å². The highest BCUT2D eigenvalue weighted by Crippen LogP contribution is 2.39. The van der Waals surface area contributed by atoms with Gasteiger partial charge in [-0.3, -0.25) is 14.4 Å². The van der Waals surface area contributed by atoms with E-state index in [1.54, 1.807) is 25.6 Å². The number of ether oxygens (including phenoxy) is 3. The number of carbonyl (C=O) groups is 1. The summed E-state index contributed by atoms with van der Waals surface area (Å²) in [6.07, 6.45) is 0.0765. The number of fused-ring (bicyclic) bond motifs is 3. The normalized spacial score (nSPS) is 14.1. The van der Waals surface area contributed by atoms with E-state index < -0.39 is 6.04 Å². The topological polar surface area (TPSA) is 99.9 Å². The summed E-state index contributed by atoms with van der Waals surface area (Å²) in [4.78, 5) is 18.6. The van der Waals surface area contributed by atoms with Gasteiger partial charge in [-0.25, -0.2) is 0 Å². The van der Waals surface area contributed by atoms with Crippen LogP contribution in [0.1, 0.15) is 51.2 Å². The van der Waals surface area contributed by atoms with Gasteiger partial charge in [0.15, 0.2) is 17.3 Å². The molecule has 5 rings (SSSR count). The van der Waals surface area contributed by atoms with Crippen molar-refractivity contribution in [2.45, 2.75) is 39.8 Å². The SMILES string of the molecule is COC(=O)C[C@@H]1N=C(c2ccc(NCc3cccc(OC)c3OC)cc2)c2c(sc(C)c2C)-n2c(C)nnc21. The fourth-order valence-electron chi connectivity index (χ4n) is 4.80. The summed E-state index contributed by atoms with van der Waals surface area (Å²) >= 11 is 1.68. The molecule has 0 fully saturated rings. The molecule has 2 aromatic carbocycles. The number of hydrogen-bond acceptors (Lipinski definition) is 9. The molecule has 1 aliphatic heterocycles. The van der Waals surface area contributed by atoms with Gasteiger partial charge in [0.05, 0.1) is 33.5 Å². The Morgan fingerprint density at radius 1 is 1.03 bits per heavy atom. The quantitative estimate of drug-likeness (QED) is 0.298. The average Bonchev–Trinajstić information content (AvgIpc) is 3.43. The molecular formula is C29H31N5O4S. The Bertz CT molecular complexity index is 1550. The van der Waals surface area contributed by atoms with Crippen LogP contribution >= 0.6 is 11.3 Å². The highest BCUT2D eigenvalue weighted by Gasteiger charge is 2.32. The van der Waals surface area contributed by atoms with Crippen LogP contribution < -0.4 is 14.8 Å². The highest BCUT2D eigenvalue weighted by molar-refractivity contribution is 7.15. The number of hydrogen-bond donors (Lipinski definition) is 1. The fourth-order valence-corrected chi connectivity index (χ4v) is 6.02. The molecule has 0 spiro atoms. The Morgan fingerprint density at radius 3 is 2.49 bits per heavy atom. The number of methoxy groups -OCH3 is 3. The van der Waals surface area contributed by atoms with Crippen LogP contribution in [0.25, 0.3) is 5.00 Å². The molecule has 0 bridgehead atoms. The molecule has 1 N–H and O–H groups in total.